The van der Waals surface area contributed by atoms with Crippen LogP contribution in [0.1, 0.15) is 18.0 Å². The van der Waals surface area contributed by atoms with Crippen LogP contribution in [0.25, 0.3) is 0 Å². The van der Waals surface area contributed by atoms with Crippen LogP contribution < -0.4 is 5.32 Å². The van der Waals surface area contributed by atoms with Crippen LogP contribution in [-0.2, 0) is 0 Å². The summed E-state index contributed by atoms with van der Waals surface area (Å²) in [6.45, 7) is 3.45. The number of hydrogen-bond donors (Lipinski definition) is 1. The van der Waals surface area contributed by atoms with E-state index in [0.717, 1.165) is 30.7 Å². The second-order valence-electron chi connectivity index (χ2n) is 4.30. The number of benzene rings is 1. The summed E-state index contributed by atoms with van der Waals surface area (Å²) in [5.41, 5.74) is 0.598. The van der Waals surface area contributed by atoms with Crippen LogP contribution in [0.2, 0.25) is 0 Å². The minimum absolute atomic E-state index is 0.173. The first-order valence-corrected chi connectivity index (χ1v) is 6.79. The maximum Gasteiger partial charge on any atom is 0.129 e. The van der Waals surface area contributed by atoms with E-state index in [4.69, 9.17) is 5.26 Å². The smallest absolute Gasteiger partial charge is 0.129 e. The van der Waals surface area contributed by atoms with E-state index in [2.05, 4.69) is 32.2 Å². The van der Waals surface area contributed by atoms with Crippen LogP contribution in [-0.4, -0.2) is 31.1 Å². The second-order valence-corrected chi connectivity index (χ2v) is 5.15. The summed E-state index contributed by atoms with van der Waals surface area (Å²) in [7, 11) is 0. The van der Waals surface area contributed by atoms with Gasteiger partial charge in [-0.25, -0.2) is 4.39 Å². The van der Waals surface area contributed by atoms with Crippen molar-refractivity contribution in [1.29, 1.82) is 5.26 Å². The molecule has 1 saturated heterocycles. The predicted octanol–water partition coefficient (Wildman–Crippen LogP) is 2.45. The molecule has 2 rings (SSSR count). The van der Waals surface area contributed by atoms with Gasteiger partial charge in [-0.3, -0.25) is 4.90 Å². The van der Waals surface area contributed by atoms with Crippen molar-refractivity contribution in [2.24, 2.45) is 0 Å². The zero-order valence-electron chi connectivity index (χ0n) is 10.00. The first-order valence-electron chi connectivity index (χ1n) is 5.99. The fourth-order valence-electron chi connectivity index (χ4n) is 2.32. The minimum Gasteiger partial charge on any atom is -0.314 e. The Morgan fingerprint density at radius 2 is 2.17 bits per heavy atom. The molecule has 0 unspecified atom stereocenters. The van der Waals surface area contributed by atoms with E-state index < -0.39 is 0 Å². The van der Waals surface area contributed by atoms with E-state index in [9.17, 15) is 4.39 Å². The van der Waals surface area contributed by atoms with Gasteiger partial charge in [0.15, 0.2) is 0 Å². The number of rotatable bonds is 3. The van der Waals surface area contributed by atoms with E-state index in [1.165, 1.54) is 6.07 Å². The molecular weight excluding hydrogens is 297 g/mol. The molecule has 0 saturated carbocycles. The number of nitrogens with zero attached hydrogens (tertiary/aromatic N) is 2. The van der Waals surface area contributed by atoms with Gasteiger partial charge in [-0.05, 0) is 12.1 Å². The number of halogens is 2. The highest BCUT2D eigenvalue weighted by atomic mass is 79.9. The van der Waals surface area contributed by atoms with Crippen LogP contribution in [0.5, 0.6) is 0 Å². The molecule has 0 radical (unpaired) electrons. The summed E-state index contributed by atoms with van der Waals surface area (Å²) in [5, 5.41) is 12.2. The molecule has 0 aromatic heterocycles. The highest BCUT2D eigenvalue weighted by Crippen LogP contribution is 2.32. The molecule has 1 heterocycles. The third-order valence-electron chi connectivity index (χ3n) is 3.21. The zero-order chi connectivity index (χ0) is 13.0. The molecule has 1 fully saturated rings. The number of nitriles is 1. The maximum atomic E-state index is 14.0. The molecule has 1 aliphatic heterocycles. The van der Waals surface area contributed by atoms with E-state index in [1.54, 1.807) is 6.07 Å². The van der Waals surface area contributed by atoms with Crippen molar-refractivity contribution in [2.75, 3.05) is 26.2 Å². The summed E-state index contributed by atoms with van der Waals surface area (Å²) in [4.78, 5) is 2.17. The minimum atomic E-state index is -0.247. The summed E-state index contributed by atoms with van der Waals surface area (Å²) < 4.78 is 14.7. The summed E-state index contributed by atoms with van der Waals surface area (Å²) in [5.74, 6) is -0.247. The van der Waals surface area contributed by atoms with Gasteiger partial charge >= 0.3 is 0 Å². The summed E-state index contributed by atoms with van der Waals surface area (Å²) in [6, 6.07) is 6.94. The molecule has 1 atom stereocenters. The van der Waals surface area contributed by atoms with Gasteiger partial charge in [0, 0.05) is 36.2 Å². The van der Waals surface area contributed by atoms with Gasteiger partial charge in [0.05, 0.1) is 18.5 Å². The normalized spacial score (nSPS) is 18.3. The SMILES string of the molecule is N#CC[C@@H](c1c(F)cccc1Br)N1CCNCC1. The molecule has 1 aromatic rings. The van der Waals surface area contributed by atoms with E-state index in [-0.39, 0.29) is 11.9 Å². The predicted molar refractivity (Wildman–Crippen MR) is 71.5 cm³/mol. The lowest BCUT2D eigenvalue weighted by Gasteiger charge is -2.34. The Kier molecular flexibility index (Phi) is 4.70. The zero-order valence-corrected chi connectivity index (χ0v) is 11.6. The van der Waals surface area contributed by atoms with Crippen LogP contribution in [0.15, 0.2) is 22.7 Å². The standard InChI is InChI=1S/C13H15BrFN3/c14-10-2-1-3-11(15)13(10)12(4-5-16)18-8-6-17-7-9-18/h1-3,12,17H,4,6-9H2/t12-/m0/s1. The Balaban J connectivity index is 2.31. The van der Waals surface area contributed by atoms with Gasteiger partial charge < -0.3 is 5.32 Å². The number of piperazine rings is 1. The van der Waals surface area contributed by atoms with Gasteiger partial charge in [0.2, 0.25) is 0 Å². The maximum absolute atomic E-state index is 14.0. The summed E-state index contributed by atoms with van der Waals surface area (Å²) >= 11 is 3.39. The van der Waals surface area contributed by atoms with E-state index in [0.29, 0.717) is 12.0 Å². The molecule has 96 valence electrons. The topological polar surface area (TPSA) is 39.1 Å². The molecule has 1 aliphatic rings. The number of nitrogens with one attached hydrogen (secondary N) is 1. The lowest BCUT2D eigenvalue weighted by atomic mass is 10.0. The fraction of sp³-hybridized carbons (Fsp3) is 0.462. The monoisotopic (exact) mass is 311 g/mol. The van der Waals surface area contributed by atoms with Crippen molar-refractivity contribution < 1.29 is 4.39 Å². The molecule has 0 amide bonds. The highest BCUT2D eigenvalue weighted by Gasteiger charge is 2.26. The van der Waals surface area contributed by atoms with Gasteiger partial charge in [0.1, 0.15) is 5.82 Å². The van der Waals surface area contributed by atoms with Gasteiger partial charge in [-0.15, -0.1) is 0 Å². The largest absolute Gasteiger partial charge is 0.314 e. The van der Waals surface area contributed by atoms with Crippen LogP contribution >= 0.6 is 15.9 Å². The Hall–Kier alpha value is -0.960. The molecule has 18 heavy (non-hydrogen) atoms. The Morgan fingerprint density at radius 3 is 2.78 bits per heavy atom. The molecule has 1 aromatic carbocycles. The Bertz CT molecular complexity index is 432. The number of hydrogen-bond acceptors (Lipinski definition) is 3. The van der Waals surface area contributed by atoms with Crippen LogP contribution in [0.4, 0.5) is 4.39 Å². The third-order valence-corrected chi connectivity index (χ3v) is 3.90. The van der Waals surface area contributed by atoms with Crippen molar-refractivity contribution >= 4 is 15.9 Å². The first kappa shape index (κ1) is 13.5. The second kappa shape index (κ2) is 6.28. The van der Waals surface area contributed by atoms with E-state index >= 15 is 0 Å². The Morgan fingerprint density at radius 1 is 1.44 bits per heavy atom. The molecule has 5 heteroatoms. The first-order chi connectivity index (χ1) is 8.74. The lowest BCUT2D eigenvalue weighted by molar-refractivity contribution is 0.172. The van der Waals surface area contributed by atoms with Crippen LogP contribution in [0.3, 0.4) is 0 Å². The third kappa shape index (κ3) is 2.89. The molecule has 0 aliphatic carbocycles. The quantitative estimate of drug-likeness (QED) is 0.932. The van der Waals surface area contributed by atoms with Crippen LogP contribution in [0, 0.1) is 17.1 Å². The van der Waals surface area contributed by atoms with Crippen molar-refractivity contribution in [1.82, 2.24) is 10.2 Å². The van der Waals surface area contributed by atoms with Crippen molar-refractivity contribution in [3.63, 3.8) is 0 Å². The van der Waals surface area contributed by atoms with E-state index in [1.807, 2.05) is 6.07 Å². The summed E-state index contributed by atoms with van der Waals surface area (Å²) in [6.07, 6.45) is 0.305. The van der Waals surface area contributed by atoms with Gasteiger partial charge in [-0.1, -0.05) is 22.0 Å². The molecule has 0 spiro atoms. The molecular formula is C13H15BrFN3. The molecule has 0 bridgehead atoms. The highest BCUT2D eigenvalue weighted by molar-refractivity contribution is 9.10. The average molecular weight is 312 g/mol. The average Bonchev–Trinajstić information content (AvgIpc) is 2.38. The molecule has 1 N–H and O–H groups in total. The molecule has 3 nitrogen and oxygen atoms in total. The Labute approximate surface area is 115 Å². The van der Waals surface area contributed by atoms with Gasteiger partial charge in [0.25, 0.3) is 0 Å². The van der Waals surface area contributed by atoms with Crippen molar-refractivity contribution in [3.05, 3.63) is 34.1 Å². The van der Waals surface area contributed by atoms with Gasteiger partial charge in [-0.2, -0.15) is 5.26 Å². The lowest BCUT2D eigenvalue weighted by Crippen LogP contribution is -2.45. The van der Waals surface area contributed by atoms with Crippen molar-refractivity contribution in [3.8, 4) is 6.07 Å². The van der Waals surface area contributed by atoms with Crippen molar-refractivity contribution in [2.45, 2.75) is 12.5 Å². The fourth-order valence-corrected chi connectivity index (χ4v) is 2.93.